The third-order valence-electron chi connectivity index (χ3n) is 3.06. The van der Waals surface area contributed by atoms with E-state index in [4.69, 9.17) is 0 Å². The van der Waals surface area contributed by atoms with Crippen LogP contribution in [0.15, 0.2) is 0 Å². The van der Waals surface area contributed by atoms with Crippen molar-refractivity contribution in [1.29, 1.82) is 0 Å². The van der Waals surface area contributed by atoms with Crippen molar-refractivity contribution in [2.45, 2.75) is 51.4 Å². The van der Waals surface area contributed by atoms with Crippen molar-refractivity contribution in [3.8, 4) is 0 Å². The van der Waals surface area contributed by atoms with Gasteiger partial charge in [-0.15, -0.1) is 0 Å². The molecule has 0 saturated carbocycles. The average molecular weight is 275 g/mol. The van der Waals surface area contributed by atoms with Crippen LogP contribution >= 0.6 is 0 Å². The molecule has 0 spiro atoms. The van der Waals surface area contributed by atoms with Crippen LogP contribution < -0.4 is 0 Å². The van der Waals surface area contributed by atoms with E-state index in [0.29, 0.717) is 0 Å². The molecule has 0 rings (SSSR count). The molecule has 0 N–H and O–H groups in total. The quantitative estimate of drug-likeness (QED) is 0.674. The molecule has 0 aliphatic carbocycles. The number of hydrogen-bond donors (Lipinski definition) is 0. The van der Waals surface area contributed by atoms with E-state index >= 15 is 0 Å². The van der Waals surface area contributed by atoms with Crippen LogP contribution in [-0.4, -0.2) is 22.5 Å². The summed E-state index contributed by atoms with van der Waals surface area (Å²) in [6.45, 7) is 11.9. The first-order valence-electron chi connectivity index (χ1n) is 5.26. The van der Waals surface area contributed by atoms with E-state index in [2.05, 4.69) is 34.6 Å². The molecule has 0 aliphatic rings. The van der Waals surface area contributed by atoms with Gasteiger partial charge in [-0.3, -0.25) is 0 Å². The zero-order valence-electron chi connectivity index (χ0n) is 9.30. The van der Waals surface area contributed by atoms with Gasteiger partial charge in [0, 0.05) is 0 Å². The van der Waals surface area contributed by atoms with Gasteiger partial charge in [0.2, 0.25) is 0 Å². The molecule has 3 unspecified atom stereocenters. The molecule has 0 fully saturated rings. The van der Waals surface area contributed by atoms with Crippen LogP contribution in [0.5, 0.6) is 0 Å². The average Bonchev–Trinajstić information content (AvgIpc) is 2.02. The normalized spacial score (nSPS) is 19.2. The van der Waals surface area contributed by atoms with Crippen LogP contribution in [-0.2, 0) is 0 Å². The Morgan fingerprint density at radius 1 is 1.08 bits per heavy atom. The van der Waals surface area contributed by atoms with E-state index in [0.717, 1.165) is 21.7 Å². The van der Waals surface area contributed by atoms with Crippen LogP contribution in [0.3, 0.4) is 0 Å². The van der Waals surface area contributed by atoms with E-state index in [1.807, 2.05) is 0 Å². The van der Waals surface area contributed by atoms with Crippen molar-refractivity contribution in [3.05, 3.63) is 0 Å². The summed E-state index contributed by atoms with van der Waals surface area (Å²) in [5, 5.41) is 0. The second-order valence-corrected chi connectivity index (χ2v) is 6.64. The first-order chi connectivity index (χ1) is 5.50. The minimum absolute atomic E-state index is 0.865. The van der Waals surface area contributed by atoms with Gasteiger partial charge in [0.25, 0.3) is 0 Å². The zero-order chi connectivity index (χ0) is 9.72. The molecule has 0 nitrogen and oxygen atoms in total. The van der Waals surface area contributed by atoms with Crippen molar-refractivity contribution < 1.29 is 0 Å². The summed E-state index contributed by atoms with van der Waals surface area (Å²) in [5.74, 6) is 2.74. The van der Waals surface area contributed by atoms with Crippen molar-refractivity contribution in [2.24, 2.45) is 17.8 Å². The van der Waals surface area contributed by atoms with Gasteiger partial charge >= 0.3 is 91.7 Å². The molecule has 0 amide bonds. The molecule has 0 aromatic rings. The van der Waals surface area contributed by atoms with E-state index in [1.54, 1.807) is 0 Å². The summed E-state index contributed by atoms with van der Waals surface area (Å²) in [4.78, 5) is 0. The van der Waals surface area contributed by atoms with Gasteiger partial charge < -0.3 is 0 Å². The molecular formula is C11H24Sn. The van der Waals surface area contributed by atoms with E-state index in [9.17, 15) is 0 Å². The third-order valence-corrected chi connectivity index (χ3v) is 6.67. The van der Waals surface area contributed by atoms with E-state index < -0.39 is 0 Å². The van der Waals surface area contributed by atoms with Crippen molar-refractivity contribution >= 4 is 22.5 Å². The summed E-state index contributed by atoms with van der Waals surface area (Å²) in [6.07, 6.45) is 2.77. The molecule has 3 atom stereocenters. The van der Waals surface area contributed by atoms with Gasteiger partial charge in [0.05, 0.1) is 0 Å². The number of rotatable bonds is 5. The van der Waals surface area contributed by atoms with Crippen molar-refractivity contribution in [2.75, 3.05) is 0 Å². The van der Waals surface area contributed by atoms with Gasteiger partial charge in [-0.2, -0.15) is 0 Å². The monoisotopic (exact) mass is 276 g/mol. The molecule has 12 heavy (non-hydrogen) atoms. The first kappa shape index (κ1) is 12.8. The standard InChI is InChI=1S/C11H23.Sn.H/c1-6-7-10(4)8-11(5)9(2)3;;/h8-11H,6-7H2,1-5H3;;. The molecule has 0 saturated heterocycles. The van der Waals surface area contributed by atoms with Crippen LogP contribution in [0.2, 0.25) is 3.93 Å². The van der Waals surface area contributed by atoms with Crippen molar-refractivity contribution in [1.82, 2.24) is 0 Å². The molecule has 0 bridgehead atoms. The van der Waals surface area contributed by atoms with E-state index in [-0.39, 0.29) is 0 Å². The first-order valence-corrected chi connectivity index (χ1v) is 7.16. The molecule has 0 aromatic heterocycles. The molecule has 0 heterocycles. The Kier molecular flexibility index (Phi) is 6.70. The SMILES string of the molecule is CCCC(C)[CH]([SnH])C(C)C(C)C. The second kappa shape index (κ2) is 6.28. The van der Waals surface area contributed by atoms with Crippen LogP contribution in [0, 0.1) is 17.8 Å². The fraction of sp³-hybridized carbons (Fsp3) is 1.00. The fourth-order valence-electron chi connectivity index (χ4n) is 1.61. The molecule has 0 aliphatic heterocycles. The molecule has 1 heteroatoms. The van der Waals surface area contributed by atoms with E-state index in [1.165, 1.54) is 35.4 Å². The topological polar surface area (TPSA) is 0 Å². The Balaban J connectivity index is 3.90. The summed E-state index contributed by atoms with van der Waals surface area (Å²) in [6, 6.07) is 0. The molecular weight excluding hydrogens is 251 g/mol. The van der Waals surface area contributed by atoms with Crippen LogP contribution in [0.1, 0.15) is 47.5 Å². The van der Waals surface area contributed by atoms with Crippen LogP contribution in [0.4, 0.5) is 0 Å². The van der Waals surface area contributed by atoms with Gasteiger partial charge in [-0.05, 0) is 0 Å². The Morgan fingerprint density at radius 2 is 1.58 bits per heavy atom. The summed E-state index contributed by atoms with van der Waals surface area (Å²) in [5.41, 5.74) is 0. The molecule has 72 valence electrons. The third kappa shape index (κ3) is 4.15. The minimum atomic E-state index is 0.865. The predicted octanol–water partition coefficient (Wildman–Crippen LogP) is 3.40. The molecule has 2 radical (unpaired) electrons. The molecule has 0 aromatic carbocycles. The van der Waals surface area contributed by atoms with Crippen LogP contribution in [0.25, 0.3) is 0 Å². The maximum absolute atomic E-state index is 2.43. The van der Waals surface area contributed by atoms with Crippen molar-refractivity contribution in [3.63, 3.8) is 0 Å². The summed E-state index contributed by atoms with van der Waals surface area (Å²) in [7, 11) is 0. The maximum atomic E-state index is 2.43. The Labute approximate surface area is 91.6 Å². The predicted molar refractivity (Wildman–Crippen MR) is 59.0 cm³/mol. The number of hydrogen-bond acceptors (Lipinski definition) is 0. The Bertz CT molecular complexity index is 110. The Hall–Kier alpha value is 0.799. The van der Waals surface area contributed by atoms with Gasteiger partial charge in [0.15, 0.2) is 0 Å². The summed E-state index contributed by atoms with van der Waals surface area (Å²) < 4.78 is 1.01. The van der Waals surface area contributed by atoms with Gasteiger partial charge in [-0.1, -0.05) is 0 Å². The van der Waals surface area contributed by atoms with Gasteiger partial charge in [-0.25, -0.2) is 0 Å². The fourth-order valence-corrected chi connectivity index (χ4v) is 3.43. The van der Waals surface area contributed by atoms with Gasteiger partial charge in [0.1, 0.15) is 0 Å². The second-order valence-electron chi connectivity index (χ2n) is 4.45. The Morgan fingerprint density at radius 3 is 1.92 bits per heavy atom. The summed E-state index contributed by atoms with van der Waals surface area (Å²) >= 11 is 1.44. The zero-order valence-corrected chi connectivity index (χ0v) is 12.6.